The molecule has 2 N–H and O–H groups in total. The third-order valence-electron chi connectivity index (χ3n) is 2.83. The first-order valence-corrected chi connectivity index (χ1v) is 6.80. The van der Waals surface area contributed by atoms with Crippen LogP contribution in [-0.2, 0) is 7.05 Å². The van der Waals surface area contributed by atoms with Crippen LogP contribution in [0.3, 0.4) is 0 Å². The normalized spacial score (nSPS) is 10.5. The maximum absolute atomic E-state index is 12.2. The highest BCUT2D eigenvalue weighted by atomic mass is 35.5. The first-order valence-electron chi connectivity index (χ1n) is 5.66. The van der Waals surface area contributed by atoms with E-state index < -0.39 is 11.9 Å². The van der Waals surface area contributed by atoms with Gasteiger partial charge in [0.2, 0.25) is 0 Å². The Labute approximate surface area is 135 Å². The molecule has 2 aromatic rings. The van der Waals surface area contributed by atoms with Gasteiger partial charge in [-0.25, -0.2) is 4.79 Å². The third kappa shape index (κ3) is 3.00. The maximum Gasteiger partial charge on any atom is 0.337 e. The second-order valence-electron chi connectivity index (χ2n) is 4.15. The molecule has 0 aliphatic rings. The van der Waals surface area contributed by atoms with E-state index in [0.717, 1.165) is 0 Å². The number of carboxylic acids is 1. The van der Waals surface area contributed by atoms with Gasteiger partial charge in [-0.3, -0.25) is 4.79 Å². The van der Waals surface area contributed by atoms with Crippen molar-refractivity contribution in [2.75, 3.05) is 5.32 Å². The largest absolute Gasteiger partial charge is 0.478 e. The van der Waals surface area contributed by atoms with Crippen molar-refractivity contribution in [2.24, 2.45) is 7.05 Å². The molecule has 0 fully saturated rings. The van der Waals surface area contributed by atoms with Crippen molar-refractivity contribution >= 4 is 52.4 Å². The van der Waals surface area contributed by atoms with E-state index in [1.807, 2.05) is 0 Å². The topological polar surface area (TPSA) is 71.3 Å². The fourth-order valence-corrected chi connectivity index (χ4v) is 2.36. The van der Waals surface area contributed by atoms with E-state index in [1.165, 1.54) is 28.8 Å². The molecule has 0 saturated carbocycles. The van der Waals surface area contributed by atoms with Crippen LogP contribution in [0.2, 0.25) is 15.2 Å². The van der Waals surface area contributed by atoms with E-state index in [4.69, 9.17) is 39.9 Å². The van der Waals surface area contributed by atoms with Gasteiger partial charge in [0.1, 0.15) is 10.8 Å². The molecular weight excluding hydrogens is 339 g/mol. The highest BCUT2D eigenvalue weighted by Gasteiger charge is 2.20. The number of benzene rings is 1. The van der Waals surface area contributed by atoms with Crippen LogP contribution >= 0.6 is 34.8 Å². The molecule has 8 heteroatoms. The van der Waals surface area contributed by atoms with Crippen LogP contribution in [0.4, 0.5) is 5.69 Å². The Kier molecular flexibility index (Phi) is 4.46. The molecule has 0 atom stereocenters. The van der Waals surface area contributed by atoms with Crippen molar-refractivity contribution in [2.45, 2.75) is 0 Å². The first-order chi connectivity index (χ1) is 9.82. The van der Waals surface area contributed by atoms with Gasteiger partial charge in [0.25, 0.3) is 5.91 Å². The summed E-state index contributed by atoms with van der Waals surface area (Å²) in [4.78, 5) is 23.4. The van der Waals surface area contributed by atoms with E-state index in [-0.39, 0.29) is 32.1 Å². The smallest absolute Gasteiger partial charge is 0.337 e. The number of rotatable bonds is 3. The zero-order valence-corrected chi connectivity index (χ0v) is 12.9. The number of hydrogen-bond acceptors (Lipinski definition) is 2. The molecule has 0 aliphatic heterocycles. The molecule has 0 radical (unpaired) electrons. The van der Waals surface area contributed by atoms with Crippen LogP contribution in [0, 0.1) is 0 Å². The molecule has 1 aromatic heterocycles. The molecule has 1 amide bonds. The van der Waals surface area contributed by atoms with Crippen LogP contribution in [0.1, 0.15) is 20.8 Å². The third-order valence-corrected chi connectivity index (χ3v) is 3.99. The SMILES string of the molecule is Cn1c(C(=O)Nc2c(Cl)cccc2C(=O)O)cc(Cl)c1Cl. The minimum atomic E-state index is -1.20. The Morgan fingerprint density at radius 1 is 1.19 bits per heavy atom. The monoisotopic (exact) mass is 346 g/mol. The van der Waals surface area contributed by atoms with Crippen molar-refractivity contribution in [3.05, 3.63) is 50.7 Å². The summed E-state index contributed by atoms with van der Waals surface area (Å²) in [6.45, 7) is 0. The number of aromatic carboxylic acids is 1. The minimum absolute atomic E-state index is 0.0186. The number of hydrogen-bond donors (Lipinski definition) is 2. The molecule has 0 saturated heterocycles. The van der Waals surface area contributed by atoms with E-state index >= 15 is 0 Å². The molecule has 110 valence electrons. The van der Waals surface area contributed by atoms with Crippen LogP contribution in [0.15, 0.2) is 24.3 Å². The van der Waals surface area contributed by atoms with E-state index in [2.05, 4.69) is 5.32 Å². The van der Waals surface area contributed by atoms with Gasteiger partial charge in [0.15, 0.2) is 0 Å². The lowest BCUT2D eigenvalue weighted by Crippen LogP contribution is -2.18. The Morgan fingerprint density at radius 2 is 1.86 bits per heavy atom. The summed E-state index contributed by atoms with van der Waals surface area (Å²) < 4.78 is 1.39. The Hall–Kier alpha value is -1.69. The fraction of sp³-hybridized carbons (Fsp3) is 0.0769. The van der Waals surface area contributed by atoms with E-state index in [9.17, 15) is 9.59 Å². The molecular formula is C13H9Cl3N2O3. The van der Waals surface area contributed by atoms with Crippen LogP contribution in [-0.4, -0.2) is 21.6 Å². The lowest BCUT2D eigenvalue weighted by molar-refractivity contribution is 0.0698. The highest BCUT2D eigenvalue weighted by Crippen LogP contribution is 2.29. The Balaban J connectivity index is 2.40. The average molecular weight is 348 g/mol. The van der Waals surface area contributed by atoms with Gasteiger partial charge in [0.05, 0.1) is 21.3 Å². The number of para-hydroxylation sites is 1. The number of nitrogens with one attached hydrogen (secondary N) is 1. The fourth-order valence-electron chi connectivity index (χ4n) is 1.77. The summed E-state index contributed by atoms with van der Waals surface area (Å²) in [6.07, 6.45) is 0. The number of aromatic nitrogens is 1. The van der Waals surface area contributed by atoms with Gasteiger partial charge in [0, 0.05) is 7.05 Å². The minimum Gasteiger partial charge on any atom is -0.478 e. The van der Waals surface area contributed by atoms with Crippen LogP contribution in [0.25, 0.3) is 0 Å². The van der Waals surface area contributed by atoms with Gasteiger partial charge in [-0.15, -0.1) is 0 Å². The molecule has 0 bridgehead atoms. The van der Waals surface area contributed by atoms with Crippen molar-refractivity contribution < 1.29 is 14.7 Å². The molecule has 1 aromatic carbocycles. The maximum atomic E-state index is 12.2. The number of carbonyl (C=O) groups is 2. The second-order valence-corrected chi connectivity index (χ2v) is 5.32. The average Bonchev–Trinajstić information content (AvgIpc) is 2.68. The molecule has 0 unspecified atom stereocenters. The standard InChI is InChI=1S/C13H9Cl3N2O3/c1-18-9(5-8(15)11(18)16)12(19)17-10-6(13(20)21)3-2-4-7(10)14/h2-5H,1H3,(H,17,19)(H,20,21). The number of amides is 1. The number of anilines is 1. The second kappa shape index (κ2) is 5.97. The van der Waals surface area contributed by atoms with Crippen molar-refractivity contribution in [1.82, 2.24) is 4.57 Å². The lowest BCUT2D eigenvalue weighted by atomic mass is 10.1. The van der Waals surface area contributed by atoms with Gasteiger partial charge in [-0.1, -0.05) is 40.9 Å². The van der Waals surface area contributed by atoms with E-state index in [0.29, 0.717) is 0 Å². The molecule has 0 aliphatic carbocycles. The Morgan fingerprint density at radius 3 is 2.38 bits per heavy atom. The zero-order valence-electron chi connectivity index (χ0n) is 10.7. The summed E-state index contributed by atoms with van der Waals surface area (Å²) in [7, 11) is 1.56. The van der Waals surface area contributed by atoms with Crippen molar-refractivity contribution in [1.29, 1.82) is 0 Å². The molecule has 0 spiro atoms. The summed E-state index contributed by atoms with van der Waals surface area (Å²) in [6, 6.07) is 5.69. The quantitative estimate of drug-likeness (QED) is 0.883. The summed E-state index contributed by atoms with van der Waals surface area (Å²) in [5, 5.41) is 12.1. The van der Waals surface area contributed by atoms with Gasteiger partial charge in [-0.05, 0) is 18.2 Å². The van der Waals surface area contributed by atoms with Gasteiger partial charge < -0.3 is 15.0 Å². The summed E-state index contributed by atoms with van der Waals surface area (Å²) in [5.41, 5.74) is 0.0913. The van der Waals surface area contributed by atoms with Crippen LogP contribution in [0.5, 0.6) is 0 Å². The number of halogens is 3. The predicted molar refractivity (Wildman–Crippen MR) is 81.8 cm³/mol. The molecule has 1 heterocycles. The Bertz CT molecular complexity index is 741. The van der Waals surface area contributed by atoms with Crippen LogP contribution < -0.4 is 5.32 Å². The van der Waals surface area contributed by atoms with E-state index in [1.54, 1.807) is 7.05 Å². The molecule has 5 nitrogen and oxygen atoms in total. The first kappa shape index (κ1) is 15.7. The lowest BCUT2D eigenvalue weighted by Gasteiger charge is -2.10. The van der Waals surface area contributed by atoms with Gasteiger partial charge in [-0.2, -0.15) is 0 Å². The highest BCUT2D eigenvalue weighted by molar-refractivity contribution is 6.42. The van der Waals surface area contributed by atoms with Gasteiger partial charge >= 0.3 is 5.97 Å². The van der Waals surface area contributed by atoms with Crippen molar-refractivity contribution in [3.63, 3.8) is 0 Å². The predicted octanol–water partition coefficient (Wildman–Crippen LogP) is 3.94. The summed E-state index contributed by atoms with van der Waals surface area (Å²) in [5.74, 6) is -1.77. The van der Waals surface area contributed by atoms with Crippen molar-refractivity contribution in [3.8, 4) is 0 Å². The number of carbonyl (C=O) groups excluding carboxylic acids is 1. The number of carboxylic acid groups (broad SMARTS) is 1. The summed E-state index contributed by atoms with van der Waals surface area (Å²) >= 11 is 17.7. The molecule has 2 rings (SSSR count). The zero-order chi connectivity index (χ0) is 15.7. The molecule has 21 heavy (non-hydrogen) atoms. The number of nitrogens with zero attached hydrogens (tertiary/aromatic N) is 1.